The van der Waals surface area contributed by atoms with Crippen LogP contribution in [0.3, 0.4) is 0 Å². The molecule has 1 aromatic heterocycles. The standard InChI is InChI=1S/C31H42N4O6.ClH/c1-19-15-26-28(7-6-8-29(26)37)34(19)22-11-14-25(31(32)39)27(16-22)33-21-9-12-23(13-10-21)41-30(38)17-24(40-20(2)36)18-35(3,4)5;/h11,14-16,21,23-24H,6-10,12-13,17-18H2,1-5H3,(H2-,32,33,39);1H. The second kappa shape index (κ2) is 13.7. The van der Waals surface area contributed by atoms with E-state index >= 15 is 0 Å². The lowest BCUT2D eigenvalue weighted by Crippen LogP contribution is -3.00. The van der Waals surface area contributed by atoms with Crippen molar-refractivity contribution in [2.24, 2.45) is 5.73 Å². The molecule has 1 saturated carbocycles. The number of aromatic nitrogens is 1. The Hall–Kier alpha value is -3.37. The van der Waals surface area contributed by atoms with Crippen LogP contribution in [0.5, 0.6) is 0 Å². The zero-order valence-corrected chi connectivity index (χ0v) is 26.0. The summed E-state index contributed by atoms with van der Waals surface area (Å²) >= 11 is 0. The van der Waals surface area contributed by atoms with Crippen LogP contribution < -0.4 is 23.5 Å². The first-order valence-electron chi connectivity index (χ1n) is 14.4. The molecule has 10 nitrogen and oxygen atoms in total. The number of ketones is 1. The largest absolute Gasteiger partial charge is 1.00 e. The predicted molar refractivity (Wildman–Crippen MR) is 155 cm³/mol. The quantitative estimate of drug-likeness (QED) is 0.302. The Morgan fingerprint density at radius 3 is 2.40 bits per heavy atom. The van der Waals surface area contributed by atoms with Crippen LogP contribution in [0.25, 0.3) is 5.69 Å². The van der Waals surface area contributed by atoms with Gasteiger partial charge in [-0.25, -0.2) is 0 Å². The summed E-state index contributed by atoms with van der Waals surface area (Å²) in [6.07, 6.45) is 4.35. The number of carbonyl (C=O) groups excluding carboxylic acids is 4. The molecule has 0 saturated heterocycles. The van der Waals surface area contributed by atoms with Crippen molar-refractivity contribution < 1.29 is 45.5 Å². The predicted octanol–water partition coefficient (Wildman–Crippen LogP) is 0.702. The van der Waals surface area contributed by atoms with E-state index in [0.717, 1.165) is 48.3 Å². The Bertz CT molecular complexity index is 1320. The molecule has 230 valence electrons. The number of rotatable bonds is 10. The van der Waals surface area contributed by atoms with Gasteiger partial charge in [-0.05, 0) is 69.7 Å². The molecule has 1 atom stereocenters. The molecule has 11 heteroatoms. The number of nitrogens with zero attached hydrogens (tertiary/aromatic N) is 2. The van der Waals surface area contributed by atoms with Gasteiger partial charge < -0.3 is 42.0 Å². The number of Topliss-reactive ketones (excluding diaryl/α,β-unsaturated/α-hetero) is 1. The summed E-state index contributed by atoms with van der Waals surface area (Å²) < 4.78 is 13.8. The topological polar surface area (TPSA) is 130 Å². The van der Waals surface area contributed by atoms with Crippen LogP contribution in [-0.2, 0) is 25.5 Å². The number of nitrogens with two attached hydrogens (primary N) is 1. The fourth-order valence-electron chi connectivity index (χ4n) is 6.05. The number of benzene rings is 1. The second-order valence-corrected chi connectivity index (χ2v) is 12.4. The lowest BCUT2D eigenvalue weighted by Gasteiger charge is -2.31. The third kappa shape index (κ3) is 8.35. The summed E-state index contributed by atoms with van der Waals surface area (Å²) in [4.78, 5) is 48.9. The third-order valence-corrected chi connectivity index (χ3v) is 7.74. The SMILES string of the molecule is CC(=O)OC(CC(=O)OC1CCC(Nc2cc(-n3c(C)cc4c3CCCC4=O)ccc2C(N)=O)CC1)C[N+](C)(C)C.[Cl-]. The molecule has 0 aliphatic heterocycles. The van der Waals surface area contributed by atoms with Gasteiger partial charge in [0, 0.05) is 47.7 Å². The highest BCUT2D eigenvalue weighted by Gasteiger charge is 2.29. The van der Waals surface area contributed by atoms with Gasteiger partial charge in [0.1, 0.15) is 12.6 Å². The van der Waals surface area contributed by atoms with Gasteiger partial charge in [0.15, 0.2) is 11.9 Å². The number of aryl methyl sites for hydroxylation is 1. The Kier molecular flexibility index (Phi) is 10.8. The van der Waals surface area contributed by atoms with Gasteiger partial charge in [-0.3, -0.25) is 19.2 Å². The Morgan fingerprint density at radius 1 is 1.10 bits per heavy atom. The van der Waals surface area contributed by atoms with Crippen molar-refractivity contribution in [3.63, 3.8) is 0 Å². The molecule has 1 unspecified atom stereocenters. The minimum atomic E-state index is -0.537. The van der Waals surface area contributed by atoms with Crippen molar-refractivity contribution in [1.29, 1.82) is 0 Å². The number of carbonyl (C=O) groups is 4. The van der Waals surface area contributed by atoms with Crippen molar-refractivity contribution in [2.75, 3.05) is 33.0 Å². The fraction of sp³-hybridized carbons (Fsp3) is 0.548. The van der Waals surface area contributed by atoms with Crippen molar-refractivity contribution in [1.82, 2.24) is 4.57 Å². The van der Waals surface area contributed by atoms with Crippen LogP contribution >= 0.6 is 0 Å². The number of hydrogen-bond acceptors (Lipinski definition) is 7. The van der Waals surface area contributed by atoms with Crippen LogP contribution in [0.1, 0.15) is 84.0 Å². The summed E-state index contributed by atoms with van der Waals surface area (Å²) in [7, 11) is 5.93. The first-order chi connectivity index (χ1) is 19.3. The van der Waals surface area contributed by atoms with E-state index < -0.39 is 18.0 Å². The fourth-order valence-corrected chi connectivity index (χ4v) is 6.05. The van der Waals surface area contributed by atoms with Crippen LogP contribution in [0, 0.1) is 6.92 Å². The van der Waals surface area contributed by atoms with Gasteiger partial charge in [-0.15, -0.1) is 0 Å². The number of primary amides is 1. The lowest BCUT2D eigenvalue weighted by molar-refractivity contribution is -0.873. The molecule has 1 amide bonds. The maximum absolute atomic E-state index is 12.7. The van der Waals surface area contributed by atoms with Gasteiger partial charge in [0.25, 0.3) is 5.91 Å². The van der Waals surface area contributed by atoms with Gasteiger partial charge in [-0.1, -0.05) is 0 Å². The lowest BCUT2D eigenvalue weighted by atomic mass is 9.92. The molecule has 0 radical (unpaired) electrons. The number of amides is 1. The van der Waals surface area contributed by atoms with Crippen LogP contribution in [0.2, 0.25) is 0 Å². The average molecular weight is 603 g/mol. The van der Waals surface area contributed by atoms with E-state index in [1.165, 1.54) is 6.92 Å². The molecule has 2 aliphatic carbocycles. The smallest absolute Gasteiger partial charge is 0.310 e. The summed E-state index contributed by atoms with van der Waals surface area (Å²) in [6, 6.07) is 7.56. The summed E-state index contributed by atoms with van der Waals surface area (Å²) in [5.41, 5.74) is 10.4. The number of likely N-dealkylation sites (N-methyl/N-ethyl adjacent to an activating group) is 1. The second-order valence-electron chi connectivity index (χ2n) is 12.4. The van der Waals surface area contributed by atoms with E-state index in [0.29, 0.717) is 41.5 Å². The zero-order chi connectivity index (χ0) is 29.9. The highest BCUT2D eigenvalue weighted by Crippen LogP contribution is 2.32. The molecule has 4 rings (SSSR count). The van der Waals surface area contributed by atoms with Crippen molar-refractivity contribution in [3.8, 4) is 5.69 Å². The minimum absolute atomic E-state index is 0. The van der Waals surface area contributed by atoms with E-state index in [-0.39, 0.29) is 42.7 Å². The Balaban J connectivity index is 0.00000484. The maximum Gasteiger partial charge on any atom is 0.310 e. The molecule has 2 aromatic rings. The minimum Gasteiger partial charge on any atom is -1.00 e. The van der Waals surface area contributed by atoms with Gasteiger partial charge in [0.2, 0.25) is 0 Å². The normalized spacial score (nSPS) is 19.2. The molecular weight excluding hydrogens is 560 g/mol. The van der Waals surface area contributed by atoms with Crippen LogP contribution in [0.4, 0.5) is 5.69 Å². The first kappa shape index (κ1) is 33.1. The van der Waals surface area contributed by atoms with Gasteiger partial charge >= 0.3 is 11.9 Å². The summed E-state index contributed by atoms with van der Waals surface area (Å²) in [6.45, 7) is 3.84. The van der Waals surface area contributed by atoms with Crippen molar-refractivity contribution >= 4 is 29.3 Å². The maximum atomic E-state index is 12.7. The number of quaternary nitrogens is 1. The summed E-state index contributed by atoms with van der Waals surface area (Å²) in [5.74, 6) is -1.12. The number of anilines is 1. The molecule has 2 aliphatic rings. The molecule has 0 bridgehead atoms. The number of fused-ring (bicyclic) bond motifs is 1. The van der Waals surface area contributed by atoms with E-state index in [2.05, 4.69) is 9.88 Å². The average Bonchev–Trinajstić information content (AvgIpc) is 3.20. The molecule has 0 spiro atoms. The van der Waals surface area contributed by atoms with E-state index in [4.69, 9.17) is 15.2 Å². The molecule has 1 aromatic carbocycles. The monoisotopic (exact) mass is 602 g/mol. The third-order valence-electron chi connectivity index (χ3n) is 7.74. The molecule has 1 fully saturated rings. The molecule has 42 heavy (non-hydrogen) atoms. The number of hydrogen-bond donors (Lipinski definition) is 2. The molecule has 1 heterocycles. The Morgan fingerprint density at radius 2 is 1.79 bits per heavy atom. The van der Waals surface area contributed by atoms with Crippen LogP contribution in [0.15, 0.2) is 24.3 Å². The highest BCUT2D eigenvalue weighted by molar-refractivity contribution is 6.00. The molecular formula is C31H43ClN4O6. The van der Waals surface area contributed by atoms with Gasteiger partial charge in [-0.2, -0.15) is 0 Å². The number of ether oxygens (including phenoxy) is 2. The van der Waals surface area contributed by atoms with Gasteiger partial charge in [0.05, 0.1) is 33.1 Å². The van der Waals surface area contributed by atoms with Crippen molar-refractivity contribution in [3.05, 3.63) is 46.8 Å². The van der Waals surface area contributed by atoms with E-state index in [9.17, 15) is 19.2 Å². The van der Waals surface area contributed by atoms with E-state index in [1.54, 1.807) is 6.07 Å². The van der Waals surface area contributed by atoms with Crippen molar-refractivity contribution in [2.45, 2.75) is 83.5 Å². The number of esters is 2. The number of nitrogens with one attached hydrogen (secondary N) is 1. The zero-order valence-electron chi connectivity index (χ0n) is 25.2. The molecule has 3 N–H and O–H groups in total. The first-order valence-corrected chi connectivity index (χ1v) is 14.4. The highest BCUT2D eigenvalue weighted by atomic mass is 35.5. The van der Waals surface area contributed by atoms with E-state index in [1.807, 2.05) is 46.3 Å². The number of halogens is 1. The summed E-state index contributed by atoms with van der Waals surface area (Å²) in [5, 5.41) is 3.51. The van der Waals surface area contributed by atoms with Crippen LogP contribution in [-0.4, -0.2) is 78.6 Å². The Labute approximate surface area is 253 Å².